The van der Waals surface area contributed by atoms with E-state index in [0.29, 0.717) is 34.7 Å². The van der Waals surface area contributed by atoms with Gasteiger partial charge in [-0.3, -0.25) is 4.79 Å². The summed E-state index contributed by atoms with van der Waals surface area (Å²) in [6, 6.07) is 3.41. The van der Waals surface area contributed by atoms with E-state index in [1.165, 1.54) is 6.92 Å². The SMILES string of the molecule is CC(=O)CCC(=O)c1cc(Br)c2c(c1)OCCCO2. The third-order valence-electron chi connectivity index (χ3n) is 2.83. The van der Waals surface area contributed by atoms with E-state index in [0.717, 1.165) is 6.42 Å². The molecule has 5 heteroatoms. The molecule has 0 radical (unpaired) electrons. The highest BCUT2D eigenvalue weighted by molar-refractivity contribution is 9.10. The minimum Gasteiger partial charge on any atom is -0.489 e. The minimum atomic E-state index is -0.0634. The second-order valence-electron chi connectivity index (χ2n) is 4.46. The number of hydrogen-bond acceptors (Lipinski definition) is 4. The van der Waals surface area contributed by atoms with Crippen molar-refractivity contribution < 1.29 is 19.1 Å². The fourth-order valence-corrected chi connectivity index (χ4v) is 2.38. The number of fused-ring (bicyclic) bond motifs is 1. The number of rotatable bonds is 4. The summed E-state index contributed by atoms with van der Waals surface area (Å²) in [6.45, 7) is 2.66. The number of Topliss-reactive ketones (excluding diaryl/α,β-unsaturated/α-hetero) is 2. The van der Waals surface area contributed by atoms with Crippen molar-refractivity contribution in [3.8, 4) is 11.5 Å². The van der Waals surface area contributed by atoms with E-state index in [1.807, 2.05) is 0 Å². The minimum absolute atomic E-state index is 0.0155. The quantitative estimate of drug-likeness (QED) is 0.797. The zero-order valence-electron chi connectivity index (χ0n) is 10.7. The third kappa shape index (κ3) is 3.56. The van der Waals surface area contributed by atoms with Gasteiger partial charge in [0.05, 0.1) is 17.7 Å². The number of ether oxygens (including phenoxy) is 2. The van der Waals surface area contributed by atoms with E-state index in [1.54, 1.807) is 12.1 Å². The zero-order valence-corrected chi connectivity index (χ0v) is 12.3. The van der Waals surface area contributed by atoms with Crippen molar-refractivity contribution in [1.82, 2.24) is 0 Å². The second-order valence-corrected chi connectivity index (χ2v) is 5.32. The molecule has 0 bridgehead atoms. The zero-order chi connectivity index (χ0) is 13.8. The van der Waals surface area contributed by atoms with Crippen LogP contribution in [-0.2, 0) is 4.79 Å². The Labute approximate surface area is 120 Å². The maximum atomic E-state index is 12.0. The first-order valence-corrected chi connectivity index (χ1v) is 6.99. The molecule has 0 aromatic heterocycles. The lowest BCUT2D eigenvalue weighted by Crippen LogP contribution is -2.03. The molecule has 1 aromatic carbocycles. The van der Waals surface area contributed by atoms with E-state index >= 15 is 0 Å². The molecular formula is C14H15BrO4. The van der Waals surface area contributed by atoms with Crippen LogP contribution in [0.15, 0.2) is 16.6 Å². The summed E-state index contributed by atoms with van der Waals surface area (Å²) < 4.78 is 11.9. The molecule has 0 saturated carbocycles. The molecule has 0 saturated heterocycles. The van der Waals surface area contributed by atoms with Gasteiger partial charge in [0.25, 0.3) is 0 Å². The Morgan fingerprint density at radius 1 is 1.21 bits per heavy atom. The third-order valence-corrected chi connectivity index (χ3v) is 3.42. The number of ketones is 2. The van der Waals surface area contributed by atoms with Crippen molar-refractivity contribution in [2.75, 3.05) is 13.2 Å². The van der Waals surface area contributed by atoms with Gasteiger partial charge in [-0.05, 0) is 35.0 Å². The summed E-state index contributed by atoms with van der Waals surface area (Å²) in [5.74, 6) is 1.17. The van der Waals surface area contributed by atoms with Gasteiger partial charge in [-0.1, -0.05) is 0 Å². The van der Waals surface area contributed by atoms with Crippen LogP contribution >= 0.6 is 15.9 Å². The van der Waals surface area contributed by atoms with Crippen molar-refractivity contribution in [1.29, 1.82) is 0 Å². The van der Waals surface area contributed by atoms with Crippen LogP contribution in [0.5, 0.6) is 11.5 Å². The predicted molar refractivity (Wildman–Crippen MR) is 74.0 cm³/mol. The molecule has 0 fully saturated rings. The molecule has 0 unspecified atom stereocenters. The molecule has 2 rings (SSSR count). The number of carbonyl (C=O) groups is 2. The van der Waals surface area contributed by atoms with Crippen molar-refractivity contribution in [3.63, 3.8) is 0 Å². The van der Waals surface area contributed by atoms with Crippen molar-refractivity contribution >= 4 is 27.5 Å². The molecule has 1 aliphatic heterocycles. The molecule has 1 heterocycles. The van der Waals surface area contributed by atoms with Crippen LogP contribution in [0.3, 0.4) is 0 Å². The highest BCUT2D eigenvalue weighted by Gasteiger charge is 2.18. The van der Waals surface area contributed by atoms with Crippen LogP contribution in [-0.4, -0.2) is 24.8 Å². The molecular weight excluding hydrogens is 312 g/mol. The van der Waals surface area contributed by atoms with Gasteiger partial charge in [0, 0.05) is 24.8 Å². The Kier molecular flexibility index (Phi) is 4.58. The summed E-state index contributed by atoms with van der Waals surface area (Å²) >= 11 is 3.39. The average Bonchev–Trinajstić information content (AvgIpc) is 2.61. The van der Waals surface area contributed by atoms with Gasteiger partial charge in [-0.2, -0.15) is 0 Å². The Morgan fingerprint density at radius 3 is 2.68 bits per heavy atom. The summed E-state index contributed by atoms with van der Waals surface area (Å²) in [6.07, 6.45) is 1.31. The van der Waals surface area contributed by atoms with Crippen molar-refractivity contribution in [3.05, 3.63) is 22.2 Å². The summed E-state index contributed by atoms with van der Waals surface area (Å²) in [5.41, 5.74) is 0.539. The van der Waals surface area contributed by atoms with E-state index in [9.17, 15) is 9.59 Å². The fourth-order valence-electron chi connectivity index (χ4n) is 1.83. The monoisotopic (exact) mass is 326 g/mol. The molecule has 0 aliphatic carbocycles. The van der Waals surface area contributed by atoms with Crippen molar-refractivity contribution in [2.45, 2.75) is 26.2 Å². The van der Waals surface area contributed by atoms with Gasteiger partial charge >= 0.3 is 0 Å². The maximum absolute atomic E-state index is 12.0. The first kappa shape index (κ1) is 14.1. The Bertz CT molecular complexity index is 510. The lowest BCUT2D eigenvalue weighted by Gasteiger charge is -2.11. The smallest absolute Gasteiger partial charge is 0.175 e. The normalized spacial score (nSPS) is 13.8. The van der Waals surface area contributed by atoms with Crippen LogP contribution < -0.4 is 9.47 Å². The number of benzene rings is 1. The lowest BCUT2D eigenvalue weighted by molar-refractivity contribution is -0.116. The van der Waals surface area contributed by atoms with E-state index < -0.39 is 0 Å². The second kappa shape index (κ2) is 6.19. The topological polar surface area (TPSA) is 52.6 Å². The van der Waals surface area contributed by atoms with Gasteiger partial charge < -0.3 is 14.3 Å². The highest BCUT2D eigenvalue weighted by Crippen LogP contribution is 2.38. The molecule has 4 nitrogen and oxygen atoms in total. The molecule has 1 aliphatic rings. The molecule has 19 heavy (non-hydrogen) atoms. The van der Waals surface area contributed by atoms with Crippen LogP contribution in [0, 0.1) is 0 Å². The lowest BCUT2D eigenvalue weighted by atomic mass is 10.0. The summed E-state index contributed by atoms with van der Waals surface area (Å²) in [4.78, 5) is 22.9. The molecule has 1 aromatic rings. The largest absolute Gasteiger partial charge is 0.489 e. The number of hydrogen-bond donors (Lipinski definition) is 0. The van der Waals surface area contributed by atoms with Crippen LogP contribution in [0.25, 0.3) is 0 Å². The van der Waals surface area contributed by atoms with Crippen LogP contribution in [0.4, 0.5) is 0 Å². The van der Waals surface area contributed by atoms with E-state index in [4.69, 9.17) is 9.47 Å². The first-order valence-electron chi connectivity index (χ1n) is 6.19. The average molecular weight is 327 g/mol. The van der Waals surface area contributed by atoms with Gasteiger partial charge in [0.2, 0.25) is 0 Å². The Morgan fingerprint density at radius 2 is 1.95 bits per heavy atom. The molecule has 0 amide bonds. The predicted octanol–water partition coefficient (Wildman–Crippen LogP) is 3.16. The van der Waals surface area contributed by atoms with Crippen molar-refractivity contribution in [2.24, 2.45) is 0 Å². The Hall–Kier alpha value is -1.36. The molecule has 0 atom stereocenters. The van der Waals surface area contributed by atoms with Gasteiger partial charge in [-0.25, -0.2) is 0 Å². The highest BCUT2D eigenvalue weighted by atomic mass is 79.9. The first-order chi connectivity index (χ1) is 9.08. The fraction of sp³-hybridized carbons (Fsp3) is 0.429. The van der Waals surface area contributed by atoms with E-state index in [-0.39, 0.29) is 24.4 Å². The standard InChI is InChI=1S/C14H15BrO4/c1-9(16)3-4-12(17)10-7-11(15)14-13(8-10)18-5-2-6-19-14/h7-8H,2-6H2,1H3. The molecule has 102 valence electrons. The number of carbonyl (C=O) groups excluding carboxylic acids is 2. The summed E-state index contributed by atoms with van der Waals surface area (Å²) in [7, 11) is 0. The Balaban J connectivity index is 2.23. The maximum Gasteiger partial charge on any atom is 0.175 e. The van der Waals surface area contributed by atoms with Gasteiger partial charge in [-0.15, -0.1) is 0 Å². The number of halogens is 1. The molecule has 0 spiro atoms. The summed E-state index contributed by atoms with van der Waals surface area (Å²) in [5, 5.41) is 0. The van der Waals surface area contributed by atoms with Gasteiger partial charge in [0.1, 0.15) is 5.78 Å². The van der Waals surface area contributed by atoms with Crippen LogP contribution in [0.2, 0.25) is 0 Å². The van der Waals surface area contributed by atoms with Crippen LogP contribution in [0.1, 0.15) is 36.5 Å². The van der Waals surface area contributed by atoms with Gasteiger partial charge in [0.15, 0.2) is 17.3 Å². The molecule has 0 N–H and O–H groups in total. The van der Waals surface area contributed by atoms with E-state index in [2.05, 4.69) is 15.9 Å².